The average Bonchev–Trinajstić information content (AvgIpc) is 1.26. The predicted octanol–water partition coefficient (Wildman–Crippen LogP) is 19.7. The fourth-order valence-electron chi connectivity index (χ4n) is 11.6. The monoisotopic (exact) mass is 1200 g/mol. The smallest absolute Gasteiger partial charge is 0.231 e. The number of anilines is 6. The quantitative estimate of drug-likeness (QED) is 0.163. The van der Waals surface area contributed by atoms with Gasteiger partial charge in [-0.15, -0.1) is 0 Å². The largest absolute Gasteiger partial charge is 0.453 e. The summed E-state index contributed by atoms with van der Waals surface area (Å²) in [5.74, 6) is 9.42. The first-order valence-corrected chi connectivity index (χ1v) is 27.4. The average molecular weight is 1200 g/mol. The van der Waals surface area contributed by atoms with Crippen LogP contribution in [0.4, 0.5) is 34.1 Å². The lowest BCUT2D eigenvalue weighted by Gasteiger charge is -2.42. The molecule has 10 aromatic carbocycles. The van der Waals surface area contributed by atoms with Crippen LogP contribution < -0.4 is 38.2 Å². The van der Waals surface area contributed by atoms with E-state index in [1.54, 1.807) is 0 Å². The maximum atomic E-state index is 6.60. The molecule has 0 radical (unpaired) electrons. The molecule has 82 heavy (non-hydrogen) atoms. The minimum Gasteiger partial charge on any atom is -0.453 e. The van der Waals surface area contributed by atoms with Crippen LogP contribution in [0, 0.1) is 0 Å². The lowest BCUT2D eigenvalue weighted by Crippen LogP contribution is -2.24. The van der Waals surface area contributed by atoms with Gasteiger partial charge < -0.3 is 46.1 Å². The number of halogens is 2. The van der Waals surface area contributed by atoms with Gasteiger partial charge in [-0.3, -0.25) is 9.80 Å². The van der Waals surface area contributed by atoms with Crippen molar-refractivity contribution >= 4 is 110 Å². The van der Waals surface area contributed by atoms with Gasteiger partial charge in [-0.1, -0.05) is 80.4 Å². The van der Waals surface area contributed by atoms with Crippen LogP contribution in [0.25, 0.3) is 90.2 Å². The molecule has 0 unspecified atom stereocenters. The molecule has 14 aromatic rings. The van der Waals surface area contributed by atoms with Crippen LogP contribution >= 0.6 is 31.9 Å². The molecule has 16 nitrogen and oxygen atoms in total. The third-order valence-electron chi connectivity index (χ3n) is 15.0. The van der Waals surface area contributed by atoms with Crippen LogP contribution in [0.5, 0.6) is 69.0 Å². The second-order valence-electron chi connectivity index (χ2n) is 20.0. The molecule has 18 heteroatoms. The molecule has 20 rings (SSSR count). The Kier molecular flexibility index (Phi) is 8.68. The van der Waals surface area contributed by atoms with Gasteiger partial charge >= 0.3 is 0 Å². The van der Waals surface area contributed by atoms with Crippen LogP contribution in [-0.4, -0.2) is 19.9 Å². The van der Waals surface area contributed by atoms with E-state index in [1.165, 1.54) is 0 Å². The number of para-hydroxylation sites is 8. The molecule has 388 valence electrons. The molecule has 0 amide bonds. The van der Waals surface area contributed by atoms with Crippen LogP contribution in [-0.2, 0) is 0 Å². The molecule has 0 spiro atoms. The van der Waals surface area contributed by atoms with E-state index < -0.39 is 0 Å². The van der Waals surface area contributed by atoms with Gasteiger partial charge in [-0.2, -0.15) is 0 Å². The van der Waals surface area contributed by atoms with Crippen LogP contribution in [0.15, 0.2) is 196 Å². The van der Waals surface area contributed by atoms with Gasteiger partial charge in [0.2, 0.25) is 23.6 Å². The molecule has 0 aliphatic carbocycles. The van der Waals surface area contributed by atoms with E-state index in [0.29, 0.717) is 115 Å². The maximum Gasteiger partial charge on any atom is 0.231 e. The molecule has 10 heterocycles. The first-order chi connectivity index (χ1) is 40.3. The molecule has 0 saturated carbocycles. The summed E-state index contributed by atoms with van der Waals surface area (Å²) in [6.07, 6.45) is 0. The third-order valence-corrected chi connectivity index (χ3v) is 15.9. The van der Waals surface area contributed by atoms with E-state index in [0.717, 1.165) is 87.4 Å². The Hall–Kier alpha value is -10.6. The second-order valence-corrected chi connectivity index (χ2v) is 21.8. The van der Waals surface area contributed by atoms with Crippen LogP contribution in [0.1, 0.15) is 0 Å². The zero-order chi connectivity index (χ0) is 53.6. The number of ether oxygens (including phenoxy) is 6. The van der Waals surface area contributed by atoms with Gasteiger partial charge in [-0.25, -0.2) is 19.9 Å². The van der Waals surface area contributed by atoms with Gasteiger partial charge in [0.1, 0.15) is 56.2 Å². The van der Waals surface area contributed by atoms with E-state index in [-0.39, 0.29) is 0 Å². The van der Waals surface area contributed by atoms with Crippen molar-refractivity contribution in [3.8, 4) is 115 Å². The fourth-order valence-corrected chi connectivity index (χ4v) is 12.4. The van der Waals surface area contributed by atoms with Crippen molar-refractivity contribution in [3.05, 3.63) is 179 Å². The SMILES string of the molecule is Brc1cc2c3c(c1)Oc1c(-c4nc5ccccc5o4)ccc4c1N3c1c(cc(-c3nc5ccccc5o3)cc1O4)O2.Brc1cc2c3c(c1)Oc1cc(-c4nc5ccccc5o4)cc4c1N3c1c(cc(-c3nc5ccccc5o3)cc1O4)O2. The summed E-state index contributed by atoms with van der Waals surface area (Å²) >= 11 is 7.25. The number of fused-ring (bicyclic) bond motifs is 4. The number of hydrogen-bond donors (Lipinski definition) is 0. The summed E-state index contributed by atoms with van der Waals surface area (Å²) in [4.78, 5) is 23.1. The van der Waals surface area contributed by atoms with Gasteiger partial charge in [0.15, 0.2) is 91.3 Å². The maximum absolute atomic E-state index is 6.60. The van der Waals surface area contributed by atoms with Crippen LogP contribution in [0.2, 0.25) is 0 Å². The lowest BCUT2D eigenvalue weighted by molar-refractivity contribution is 0.417. The van der Waals surface area contributed by atoms with Crippen molar-refractivity contribution in [1.82, 2.24) is 19.9 Å². The molecule has 0 bridgehead atoms. The Morgan fingerprint density at radius 2 is 0.573 bits per heavy atom. The van der Waals surface area contributed by atoms with Gasteiger partial charge in [-0.05, 0) is 121 Å². The molecule has 0 saturated heterocycles. The standard InChI is InChI=1S/2C32H14BrN3O5/c33-17-13-26-30-27(14-17)39-25-12-16(32-35-19-6-2-4-8-21(19)41-32)10-23-29(25)36(30)28-22(37-23)9-15(11-24(28)38-26)31-34-18-5-1-3-7-20(18)40-31;33-16-13-25-28-26(14-16)39-30-17(32-35-19-6-2-4-8-21(19)41-32)9-10-22-29(30)36(28)27-23(37-22)11-15(12-24(27)38-25)31-34-18-5-1-3-7-20(18)40-31/h2*1-14H. The first-order valence-electron chi connectivity index (χ1n) is 25.8. The number of rotatable bonds is 4. The molecule has 6 aliphatic rings. The third kappa shape index (κ3) is 6.34. The highest BCUT2D eigenvalue weighted by molar-refractivity contribution is 9.10. The van der Waals surface area contributed by atoms with Crippen molar-refractivity contribution in [2.24, 2.45) is 0 Å². The first kappa shape index (κ1) is 44.3. The minimum absolute atomic E-state index is 0.466. The van der Waals surface area contributed by atoms with E-state index >= 15 is 0 Å². The van der Waals surface area contributed by atoms with Crippen molar-refractivity contribution in [3.63, 3.8) is 0 Å². The summed E-state index contributed by atoms with van der Waals surface area (Å²) in [6.45, 7) is 0. The summed E-state index contributed by atoms with van der Waals surface area (Å²) in [6, 6.07) is 53.9. The summed E-state index contributed by atoms with van der Waals surface area (Å²) in [5, 5.41) is 0. The topological polar surface area (TPSA) is 166 Å². The summed E-state index contributed by atoms with van der Waals surface area (Å²) < 4.78 is 65.2. The fraction of sp³-hybridized carbons (Fsp3) is 0. The lowest BCUT2D eigenvalue weighted by atomic mass is 10.0. The highest BCUT2D eigenvalue weighted by Crippen LogP contribution is 2.70. The Morgan fingerprint density at radius 1 is 0.280 bits per heavy atom. The normalized spacial score (nSPS) is 13.5. The summed E-state index contributed by atoms with van der Waals surface area (Å²) in [5.41, 5.74) is 13.6. The second kappa shape index (κ2) is 16.1. The van der Waals surface area contributed by atoms with Crippen molar-refractivity contribution < 1.29 is 46.1 Å². The van der Waals surface area contributed by atoms with E-state index in [1.807, 2.05) is 170 Å². The number of aromatic nitrogens is 4. The molecule has 0 fully saturated rings. The Morgan fingerprint density at radius 3 is 0.939 bits per heavy atom. The predicted molar refractivity (Wildman–Crippen MR) is 310 cm³/mol. The zero-order valence-corrected chi connectivity index (χ0v) is 44.9. The van der Waals surface area contributed by atoms with Gasteiger partial charge in [0, 0.05) is 25.6 Å². The van der Waals surface area contributed by atoms with Gasteiger partial charge in [0.25, 0.3) is 0 Å². The molecule has 0 N–H and O–H groups in total. The zero-order valence-electron chi connectivity index (χ0n) is 41.7. The molecule has 4 aromatic heterocycles. The van der Waals surface area contributed by atoms with Crippen molar-refractivity contribution in [1.29, 1.82) is 0 Å². The molecular weight excluding hydrogens is 1170 g/mol. The van der Waals surface area contributed by atoms with E-state index in [2.05, 4.69) is 41.7 Å². The Balaban J connectivity index is 0.000000122. The van der Waals surface area contributed by atoms with E-state index in [9.17, 15) is 0 Å². The number of oxazole rings is 4. The molecular formula is C64H28Br2N6O10. The number of hydrogen-bond acceptors (Lipinski definition) is 16. The van der Waals surface area contributed by atoms with Crippen LogP contribution in [0.3, 0.4) is 0 Å². The Labute approximate surface area is 477 Å². The molecule has 6 aliphatic heterocycles. The minimum atomic E-state index is 0.466. The van der Waals surface area contributed by atoms with Gasteiger partial charge in [0.05, 0.1) is 5.56 Å². The number of nitrogens with zero attached hydrogens (tertiary/aromatic N) is 6. The highest BCUT2D eigenvalue weighted by Gasteiger charge is 2.45. The van der Waals surface area contributed by atoms with E-state index in [4.69, 9.17) is 66.0 Å². The van der Waals surface area contributed by atoms with Crippen molar-refractivity contribution in [2.45, 2.75) is 0 Å². The van der Waals surface area contributed by atoms with Crippen molar-refractivity contribution in [2.75, 3.05) is 9.80 Å². The Bertz CT molecular complexity index is 4930. The highest BCUT2D eigenvalue weighted by atomic mass is 79.9. The number of benzene rings is 10. The molecule has 0 atom stereocenters. The summed E-state index contributed by atoms with van der Waals surface area (Å²) in [7, 11) is 0.